The Morgan fingerprint density at radius 3 is 3.19 bits per heavy atom. The molecule has 2 N–H and O–H groups in total. The number of ether oxygens (including phenoxy) is 1. The number of anilines is 1. The highest BCUT2D eigenvalue weighted by Gasteiger charge is 2.18. The van der Waals surface area contributed by atoms with Crippen LogP contribution in [-0.2, 0) is 11.3 Å². The van der Waals surface area contributed by atoms with Crippen LogP contribution < -0.4 is 10.6 Å². The van der Waals surface area contributed by atoms with Crippen molar-refractivity contribution >= 4 is 5.69 Å². The van der Waals surface area contributed by atoms with Crippen molar-refractivity contribution in [2.24, 2.45) is 5.73 Å². The third-order valence-corrected chi connectivity index (χ3v) is 3.02. The molecule has 4 heteroatoms. The van der Waals surface area contributed by atoms with E-state index in [9.17, 15) is 0 Å². The maximum absolute atomic E-state index is 5.71. The van der Waals surface area contributed by atoms with Gasteiger partial charge < -0.3 is 15.4 Å². The average Bonchev–Trinajstić information content (AvgIpc) is 2.81. The molecular weight excluding hydrogens is 202 g/mol. The summed E-state index contributed by atoms with van der Waals surface area (Å²) < 4.78 is 5.63. The van der Waals surface area contributed by atoms with Crippen molar-refractivity contribution in [3.63, 3.8) is 0 Å². The molecule has 1 atom stereocenters. The van der Waals surface area contributed by atoms with Gasteiger partial charge in [0.2, 0.25) is 0 Å². The molecule has 2 heterocycles. The molecule has 0 spiro atoms. The maximum Gasteiger partial charge on any atom is 0.0750 e. The third-order valence-electron chi connectivity index (χ3n) is 3.02. The molecule has 1 aromatic rings. The van der Waals surface area contributed by atoms with E-state index in [4.69, 9.17) is 10.5 Å². The van der Waals surface area contributed by atoms with E-state index >= 15 is 0 Å². The fourth-order valence-electron chi connectivity index (χ4n) is 2.12. The van der Waals surface area contributed by atoms with E-state index in [1.54, 1.807) is 6.20 Å². The standard InChI is InChI=1S/C12H19N3O/c1-15(9-11-3-2-6-16-11)12-8-14-5-4-10(12)7-13/h4-5,8,11H,2-3,6-7,9,13H2,1H3. The van der Waals surface area contributed by atoms with Gasteiger partial charge in [-0.05, 0) is 24.5 Å². The van der Waals surface area contributed by atoms with Gasteiger partial charge in [0, 0.05) is 32.9 Å². The molecule has 0 amide bonds. The van der Waals surface area contributed by atoms with Crippen molar-refractivity contribution in [2.75, 3.05) is 25.1 Å². The quantitative estimate of drug-likeness (QED) is 0.829. The normalized spacial score (nSPS) is 20.0. The van der Waals surface area contributed by atoms with Crippen molar-refractivity contribution < 1.29 is 4.74 Å². The Balaban J connectivity index is 2.04. The number of aromatic nitrogens is 1. The molecule has 0 bridgehead atoms. The number of pyridine rings is 1. The molecule has 1 saturated heterocycles. The Labute approximate surface area is 96.4 Å². The summed E-state index contributed by atoms with van der Waals surface area (Å²) >= 11 is 0. The van der Waals surface area contributed by atoms with Crippen LogP contribution in [0.15, 0.2) is 18.5 Å². The summed E-state index contributed by atoms with van der Waals surface area (Å²) in [6.45, 7) is 2.36. The second-order valence-electron chi connectivity index (χ2n) is 4.22. The second-order valence-corrected chi connectivity index (χ2v) is 4.22. The lowest BCUT2D eigenvalue weighted by Crippen LogP contribution is -2.29. The van der Waals surface area contributed by atoms with Gasteiger partial charge in [-0.2, -0.15) is 0 Å². The topological polar surface area (TPSA) is 51.4 Å². The Kier molecular flexibility index (Phi) is 3.74. The van der Waals surface area contributed by atoms with Crippen LogP contribution in [0.3, 0.4) is 0 Å². The zero-order chi connectivity index (χ0) is 11.4. The number of rotatable bonds is 4. The summed E-state index contributed by atoms with van der Waals surface area (Å²) in [5.74, 6) is 0. The molecule has 88 valence electrons. The fourth-order valence-corrected chi connectivity index (χ4v) is 2.12. The Morgan fingerprint density at radius 2 is 2.50 bits per heavy atom. The number of likely N-dealkylation sites (N-methyl/N-ethyl adjacent to an activating group) is 1. The van der Waals surface area contributed by atoms with E-state index < -0.39 is 0 Å². The molecule has 0 radical (unpaired) electrons. The summed E-state index contributed by atoms with van der Waals surface area (Å²) in [6.07, 6.45) is 6.34. The van der Waals surface area contributed by atoms with Gasteiger partial charge in [0.15, 0.2) is 0 Å². The summed E-state index contributed by atoms with van der Waals surface area (Å²) in [6, 6.07) is 1.97. The Bertz CT molecular complexity index is 337. The van der Waals surface area contributed by atoms with Gasteiger partial charge in [-0.25, -0.2) is 0 Å². The minimum atomic E-state index is 0.357. The van der Waals surface area contributed by atoms with Gasteiger partial charge in [0.25, 0.3) is 0 Å². The van der Waals surface area contributed by atoms with E-state index in [0.717, 1.165) is 30.8 Å². The predicted molar refractivity (Wildman–Crippen MR) is 64.4 cm³/mol. The summed E-state index contributed by atoms with van der Waals surface area (Å²) in [4.78, 5) is 6.34. The Morgan fingerprint density at radius 1 is 1.62 bits per heavy atom. The zero-order valence-electron chi connectivity index (χ0n) is 9.72. The van der Waals surface area contributed by atoms with Gasteiger partial charge in [-0.1, -0.05) is 0 Å². The van der Waals surface area contributed by atoms with E-state index in [2.05, 4.69) is 16.9 Å². The Hall–Kier alpha value is -1.13. The molecule has 1 fully saturated rings. The van der Waals surface area contributed by atoms with Crippen molar-refractivity contribution in [3.8, 4) is 0 Å². The molecule has 1 unspecified atom stereocenters. The first kappa shape index (κ1) is 11.4. The maximum atomic E-state index is 5.71. The van der Waals surface area contributed by atoms with E-state index in [1.165, 1.54) is 6.42 Å². The molecule has 0 aromatic carbocycles. The molecule has 4 nitrogen and oxygen atoms in total. The summed E-state index contributed by atoms with van der Waals surface area (Å²) in [5.41, 5.74) is 7.96. The van der Waals surface area contributed by atoms with Crippen molar-refractivity contribution in [1.29, 1.82) is 0 Å². The van der Waals surface area contributed by atoms with E-state index in [-0.39, 0.29) is 0 Å². The lowest BCUT2D eigenvalue weighted by atomic mass is 10.2. The molecule has 1 aliphatic rings. The summed E-state index contributed by atoms with van der Waals surface area (Å²) in [7, 11) is 2.07. The predicted octanol–water partition coefficient (Wildman–Crippen LogP) is 1.16. The van der Waals surface area contributed by atoms with Gasteiger partial charge in [0.1, 0.15) is 0 Å². The van der Waals surface area contributed by atoms with Crippen LogP contribution in [0.5, 0.6) is 0 Å². The van der Waals surface area contributed by atoms with Crippen LogP contribution in [0.4, 0.5) is 5.69 Å². The molecule has 2 rings (SSSR count). The van der Waals surface area contributed by atoms with Crippen LogP contribution >= 0.6 is 0 Å². The number of hydrogen-bond acceptors (Lipinski definition) is 4. The minimum Gasteiger partial charge on any atom is -0.376 e. The van der Waals surface area contributed by atoms with Crippen molar-refractivity contribution in [3.05, 3.63) is 24.0 Å². The molecule has 1 aliphatic heterocycles. The smallest absolute Gasteiger partial charge is 0.0750 e. The van der Waals surface area contributed by atoms with Crippen LogP contribution in [0.2, 0.25) is 0 Å². The first-order valence-corrected chi connectivity index (χ1v) is 5.77. The van der Waals surface area contributed by atoms with Gasteiger partial charge in [-0.3, -0.25) is 4.98 Å². The van der Waals surface area contributed by atoms with E-state index in [1.807, 2.05) is 12.3 Å². The largest absolute Gasteiger partial charge is 0.376 e. The first-order valence-electron chi connectivity index (χ1n) is 5.77. The molecule has 1 aromatic heterocycles. The SMILES string of the molecule is CN(CC1CCCO1)c1cnccc1CN. The van der Waals surface area contributed by atoms with Crippen LogP contribution in [-0.4, -0.2) is 31.3 Å². The number of nitrogens with zero attached hydrogens (tertiary/aromatic N) is 2. The number of nitrogens with two attached hydrogens (primary N) is 1. The van der Waals surface area contributed by atoms with Gasteiger partial charge >= 0.3 is 0 Å². The van der Waals surface area contributed by atoms with Crippen LogP contribution in [0.25, 0.3) is 0 Å². The summed E-state index contributed by atoms with van der Waals surface area (Å²) in [5, 5.41) is 0. The molecule has 16 heavy (non-hydrogen) atoms. The van der Waals surface area contributed by atoms with Crippen LogP contribution in [0.1, 0.15) is 18.4 Å². The van der Waals surface area contributed by atoms with Crippen molar-refractivity contribution in [1.82, 2.24) is 4.98 Å². The monoisotopic (exact) mass is 221 g/mol. The second kappa shape index (κ2) is 5.27. The zero-order valence-corrected chi connectivity index (χ0v) is 9.72. The lowest BCUT2D eigenvalue weighted by Gasteiger charge is -2.24. The highest BCUT2D eigenvalue weighted by molar-refractivity contribution is 5.51. The fraction of sp³-hybridized carbons (Fsp3) is 0.583. The molecule has 0 aliphatic carbocycles. The first-order chi connectivity index (χ1) is 7.81. The van der Waals surface area contributed by atoms with E-state index in [0.29, 0.717) is 12.6 Å². The van der Waals surface area contributed by atoms with Gasteiger partial charge in [-0.15, -0.1) is 0 Å². The number of hydrogen-bond donors (Lipinski definition) is 1. The lowest BCUT2D eigenvalue weighted by molar-refractivity contribution is 0.116. The average molecular weight is 221 g/mol. The van der Waals surface area contributed by atoms with Crippen molar-refractivity contribution in [2.45, 2.75) is 25.5 Å². The molecule has 0 saturated carbocycles. The van der Waals surface area contributed by atoms with Crippen LogP contribution in [0, 0.1) is 0 Å². The van der Waals surface area contributed by atoms with Gasteiger partial charge in [0.05, 0.1) is 18.0 Å². The highest BCUT2D eigenvalue weighted by Crippen LogP contribution is 2.20. The highest BCUT2D eigenvalue weighted by atomic mass is 16.5. The minimum absolute atomic E-state index is 0.357. The molecular formula is C12H19N3O. The third kappa shape index (κ3) is 2.51.